The summed E-state index contributed by atoms with van der Waals surface area (Å²) in [6, 6.07) is 13.3. The van der Waals surface area contributed by atoms with E-state index in [9.17, 15) is 4.79 Å². The lowest BCUT2D eigenvalue weighted by molar-refractivity contribution is -0.126. The van der Waals surface area contributed by atoms with Crippen LogP contribution in [0.15, 0.2) is 36.4 Å². The molecule has 0 aromatic heterocycles. The summed E-state index contributed by atoms with van der Waals surface area (Å²) in [5.41, 5.74) is 1.26. The molecule has 2 fully saturated rings. The molecule has 1 amide bonds. The summed E-state index contributed by atoms with van der Waals surface area (Å²) in [7, 11) is 3.39. The lowest BCUT2D eigenvalue weighted by atomic mass is 10.0. The first-order valence-electron chi connectivity index (χ1n) is 13.2. The maximum Gasteiger partial charge on any atom is 0.237 e. The molecule has 0 spiro atoms. The molecule has 35 heavy (non-hydrogen) atoms. The van der Waals surface area contributed by atoms with Crippen molar-refractivity contribution in [3.63, 3.8) is 0 Å². The Morgan fingerprint density at radius 1 is 1.09 bits per heavy atom. The Morgan fingerprint density at radius 2 is 1.86 bits per heavy atom. The number of hydrogen-bond donors (Lipinski definition) is 2. The first-order chi connectivity index (χ1) is 17.1. The van der Waals surface area contributed by atoms with Crippen molar-refractivity contribution < 1.29 is 14.3 Å². The van der Waals surface area contributed by atoms with E-state index in [0.717, 1.165) is 56.6 Å². The summed E-state index contributed by atoms with van der Waals surface area (Å²) >= 11 is 0. The standard InChI is InChI=1S/C28H42N4O3/c1-4-14-31-15-11-23(12-16-31)32-20-22(18-26(32)28(33)29-13-17-34-2)30-19-21-9-10-27(35-3)25-8-6-5-7-24(21)25/h5-10,22-23,26,30H,4,11-20H2,1-3H3,(H,29,33)/t22-,26-/m0/s1. The van der Waals surface area contributed by atoms with Crippen LogP contribution in [-0.4, -0.2) is 87.4 Å². The molecule has 4 rings (SSSR count). The molecule has 0 bridgehead atoms. The van der Waals surface area contributed by atoms with Gasteiger partial charge in [-0.15, -0.1) is 0 Å². The maximum absolute atomic E-state index is 13.1. The number of fused-ring (bicyclic) bond motifs is 1. The molecule has 2 atom stereocenters. The minimum Gasteiger partial charge on any atom is -0.496 e. The molecule has 7 nitrogen and oxygen atoms in total. The van der Waals surface area contributed by atoms with Crippen molar-refractivity contribution in [2.75, 3.05) is 53.6 Å². The highest BCUT2D eigenvalue weighted by Gasteiger charge is 2.40. The van der Waals surface area contributed by atoms with E-state index in [-0.39, 0.29) is 18.0 Å². The fourth-order valence-corrected chi connectivity index (χ4v) is 5.78. The van der Waals surface area contributed by atoms with Gasteiger partial charge in [-0.1, -0.05) is 37.3 Å². The molecule has 2 aliphatic heterocycles. The number of ether oxygens (including phenoxy) is 2. The second kappa shape index (κ2) is 12.7. The molecule has 2 aromatic carbocycles. The van der Waals surface area contributed by atoms with E-state index in [1.807, 2.05) is 0 Å². The van der Waals surface area contributed by atoms with Gasteiger partial charge in [-0.2, -0.15) is 0 Å². The Balaban J connectivity index is 1.43. The van der Waals surface area contributed by atoms with E-state index in [4.69, 9.17) is 9.47 Å². The van der Waals surface area contributed by atoms with Gasteiger partial charge in [-0.25, -0.2) is 0 Å². The normalized spacial score (nSPS) is 22.0. The highest BCUT2D eigenvalue weighted by Crippen LogP contribution is 2.30. The number of nitrogens with one attached hydrogen (secondary N) is 2. The Bertz CT molecular complexity index is 960. The summed E-state index contributed by atoms with van der Waals surface area (Å²) in [6.07, 6.45) is 4.31. The molecular weight excluding hydrogens is 440 g/mol. The largest absolute Gasteiger partial charge is 0.496 e. The molecule has 7 heteroatoms. The lowest BCUT2D eigenvalue weighted by Crippen LogP contribution is -2.51. The smallest absolute Gasteiger partial charge is 0.237 e. The van der Waals surface area contributed by atoms with Crippen molar-refractivity contribution >= 4 is 16.7 Å². The van der Waals surface area contributed by atoms with Gasteiger partial charge in [-0.05, 0) is 62.3 Å². The van der Waals surface area contributed by atoms with E-state index in [2.05, 4.69) is 63.8 Å². The topological polar surface area (TPSA) is 66.1 Å². The van der Waals surface area contributed by atoms with Crippen LogP contribution in [0.25, 0.3) is 10.8 Å². The van der Waals surface area contributed by atoms with Crippen molar-refractivity contribution in [1.29, 1.82) is 0 Å². The SMILES string of the molecule is CCCN1CCC(N2C[C@@H](NCc3ccc(OC)c4ccccc34)C[C@H]2C(=O)NCCOC)CC1. The quantitative estimate of drug-likeness (QED) is 0.480. The van der Waals surface area contributed by atoms with Crippen LogP contribution in [0.2, 0.25) is 0 Å². The molecule has 2 N–H and O–H groups in total. The van der Waals surface area contributed by atoms with Gasteiger partial charge in [0, 0.05) is 44.2 Å². The molecule has 0 unspecified atom stereocenters. The Hall–Kier alpha value is -2.19. The van der Waals surface area contributed by atoms with E-state index < -0.39 is 0 Å². The van der Waals surface area contributed by atoms with E-state index >= 15 is 0 Å². The van der Waals surface area contributed by atoms with Crippen LogP contribution in [0.1, 0.15) is 38.2 Å². The second-order valence-electron chi connectivity index (χ2n) is 9.86. The number of hydrogen-bond acceptors (Lipinski definition) is 6. The zero-order chi connectivity index (χ0) is 24.6. The van der Waals surface area contributed by atoms with E-state index in [0.29, 0.717) is 19.2 Å². The maximum atomic E-state index is 13.1. The number of amides is 1. The van der Waals surface area contributed by atoms with Crippen molar-refractivity contribution in [3.8, 4) is 5.75 Å². The third kappa shape index (κ3) is 6.33. The van der Waals surface area contributed by atoms with Gasteiger partial charge in [0.2, 0.25) is 5.91 Å². The van der Waals surface area contributed by atoms with Crippen molar-refractivity contribution in [3.05, 3.63) is 42.0 Å². The predicted molar refractivity (Wildman–Crippen MR) is 141 cm³/mol. The van der Waals surface area contributed by atoms with Crippen LogP contribution in [0.5, 0.6) is 5.75 Å². The minimum atomic E-state index is -0.0836. The van der Waals surface area contributed by atoms with Crippen LogP contribution in [0.4, 0.5) is 0 Å². The van der Waals surface area contributed by atoms with Gasteiger partial charge in [0.1, 0.15) is 5.75 Å². The molecule has 0 radical (unpaired) electrons. The van der Waals surface area contributed by atoms with Gasteiger partial charge in [0.05, 0.1) is 19.8 Å². The summed E-state index contributed by atoms with van der Waals surface area (Å²) in [4.78, 5) is 18.2. The third-order valence-electron chi connectivity index (χ3n) is 7.59. The number of likely N-dealkylation sites (tertiary alicyclic amines) is 2. The molecule has 2 aliphatic rings. The van der Waals surface area contributed by atoms with Crippen LogP contribution in [0.3, 0.4) is 0 Å². The Morgan fingerprint density at radius 3 is 2.57 bits per heavy atom. The molecule has 2 aromatic rings. The number of methoxy groups -OCH3 is 2. The fraction of sp³-hybridized carbons (Fsp3) is 0.607. The first kappa shape index (κ1) is 25.9. The summed E-state index contributed by atoms with van der Waals surface area (Å²) in [5, 5.41) is 9.23. The Labute approximate surface area is 210 Å². The predicted octanol–water partition coefficient (Wildman–Crippen LogP) is 3.02. The van der Waals surface area contributed by atoms with Crippen molar-refractivity contribution in [2.45, 2.75) is 57.3 Å². The van der Waals surface area contributed by atoms with Crippen molar-refractivity contribution in [2.24, 2.45) is 0 Å². The number of piperidine rings is 1. The minimum absolute atomic E-state index is 0.0836. The van der Waals surface area contributed by atoms with Gasteiger partial charge >= 0.3 is 0 Å². The van der Waals surface area contributed by atoms with Crippen molar-refractivity contribution in [1.82, 2.24) is 20.4 Å². The van der Waals surface area contributed by atoms with Gasteiger partial charge in [0.15, 0.2) is 0 Å². The van der Waals surface area contributed by atoms with E-state index in [1.54, 1.807) is 14.2 Å². The zero-order valence-corrected chi connectivity index (χ0v) is 21.6. The van der Waals surface area contributed by atoms with Gasteiger partial charge in [-0.3, -0.25) is 9.69 Å². The highest BCUT2D eigenvalue weighted by molar-refractivity contribution is 5.91. The molecule has 2 heterocycles. The molecule has 2 saturated heterocycles. The number of benzene rings is 2. The van der Waals surface area contributed by atoms with Crippen LogP contribution >= 0.6 is 0 Å². The number of carbonyl (C=O) groups is 1. The molecular formula is C28H42N4O3. The van der Waals surface area contributed by atoms with E-state index in [1.165, 1.54) is 23.9 Å². The average Bonchev–Trinajstić information content (AvgIpc) is 3.32. The third-order valence-corrected chi connectivity index (χ3v) is 7.59. The first-order valence-corrected chi connectivity index (χ1v) is 13.2. The van der Waals surface area contributed by atoms with Gasteiger partial charge < -0.3 is 25.0 Å². The molecule has 0 saturated carbocycles. The Kier molecular flexibility index (Phi) is 9.38. The van der Waals surface area contributed by atoms with Crippen LogP contribution in [-0.2, 0) is 16.1 Å². The number of rotatable bonds is 11. The summed E-state index contributed by atoms with van der Waals surface area (Å²) in [6.45, 7) is 8.46. The lowest BCUT2D eigenvalue weighted by Gasteiger charge is -2.39. The van der Waals surface area contributed by atoms with Crippen LogP contribution in [0, 0.1) is 0 Å². The molecule has 192 valence electrons. The number of nitrogens with zero attached hydrogens (tertiary/aromatic N) is 2. The van der Waals surface area contributed by atoms with Gasteiger partial charge in [0.25, 0.3) is 0 Å². The summed E-state index contributed by atoms with van der Waals surface area (Å²) < 4.78 is 10.7. The second-order valence-corrected chi connectivity index (χ2v) is 9.86. The molecule has 0 aliphatic carbocycles. The monoisotopic (exact) mass is 482 g/mol. The number of carbonyl (C=O) groups excluding carboxylic acids is 1. The summed E-state index contributed by atoms with van der Waals surface area (Å²) in [5.74, 6) is 1.04. The zero-order valence-electron chi connectivity index (χ0n) is 21.6. The highest BCUT2D eigenvalue weighted by atomic mass is 16.5. The van der Waals surface area contributed by atoms with Crippen LogP contribution < -0.4 is 15.4 Å². The average molecular weight is 483 g/mol. The fourth-order valence-electron chi connectivity index (χ4n) is 5.78.